The SMILES string of the molecule is CCOC(=O)C(CC[C@@H]1N[C@H](C(N)=O)Cc2c1[nH]c1ccccc21)C(=O)OCC. The Bertz CT molecular complexity index is 889. The zero-order valence-corrected chi connectivity index (χ0v) is 16.7. The molecule has 0 aliphatic carbocycles. The molecule has 2 aromatic rings. The number of carbonyl (C=O) groups is 3. The highest BCUT2D eigenvalue weighted by molar-refractivity contribution is 5.95. The quantitative estimate of drug-likeness (QED) is 0.457. The van der Waals surface area contributed by atoms with Crippen molar-refractivity contribution in [3.05, 3.63) is 35.5 Å². The first kappa shape index (κ1) is 20.9. The van der Waals surface area contributed by atoms with Crippen molar-refractivity contribution in [3.63, 3.8) is 0 Å². The third kappa shape index (κ3) is 4.42. The minimum absolute atomic E-state index is 0.187. The van der Waals surface area contributed by atoms with Gasteiger partial charge in [-0.1, -0.05) is 18.2 Å². The first-order valence-corrected chi connectivity index (χ1v) is 9.94. The van der Waals surface area contributed by atoms with Crippen molar-refractivity contribution in [1.29, 1.82) is 0 Å². The summed E-state index contributed by atoms with van der Waals surface area (Å²) < 4.78 is 10.1. The smallest absolute Gasteiger partial charge is 0.320 e. The normalized spacial score (nSPS) is 18.4. The van der Waals surface area contributed by atoms with Gasteiger partial charge in [0.15, 0.2) is 5.92 Å². The number of fused-ring (bicyclic) bond motifs is 3. The van der Waals surface area contributed by atoms with E-state index in [1.807, 2.05) is 24.3 Å². The predicted octanol–water partition coefficient (Wildman–Crippen LogP) is 1.73. The van der Waals surface area contributed by atoms with Crippen LogP contribution in [0.3, 0.4) is 0 Å². The number of aromatic nitrogens is 1. The van der Waals surface area contributed by atoms with Crippen LogP contribution >= 0.6 is 0 Å². The number of carbonyl (C=O) groups excluding carboxylic acids is 3. The molecular formula is C21H27N3O5. The van der Waals surface area contributed by atoms with Crippen LogP contribution in [0.5, 0.6) is 0 Å². The summed E-state index contributed by atoms with van der Waals surface area (Å²) in [6, 6.07) is 7.10. The first-order chi connectivity index (χ1) is 14.0. The molecule has 1 amide bonds. The van der Waals surface area contributed by atoms with E-state index < -0.39 is 29.8 Å². The van der Waals surface area contributed by atoms with E-state index in [1.165, 1.54) is 0 Å². The van der Waals surface area contributed by atoms with Crippen LogP contribution in [-0.4, -0.2) is 42.1 Å². The van der Waals surface area contributed by atoms with Crippen molar-refractivity contribution < 1.29 is 23.9 Å². The van der Waals surface area contributed by atoms with Crippen LogP contribution in [-0.2, 0) is 30.3 Å². The fraction of sp³-hybridized carbons (Fsp3) is 0.476. The maximum atomic E-state index is 12.3. The number of amides is 1. The molecule has 2 atom stereocenters. The number of H-pyrrole nitrogens is 1. The van der Waals surface area contributed by atoms with Crippen LogP contribution < -0.4 is 11.1 Å². The maximum Gasteiger partial charge on any atom is 0.320 e. The summed E-state index contributed by atoms with van der Waals surface area (Å²) >= 11 is 0. The minimum atomic E-state index is -1.00. The Balaban J connectivity index is 1.86. The van der Waals surface area contributed by atoms with Gasteiger partial charge in [-0.3, -0.25) is 19.7 Å². The monoisotopic (exact) mass is 401 g/mol. The van der Waals surface area contributed by atoms with Gasteiger partial charge in [0, 0.05) is 22.6 Å². The molecule has 1 aromatic carbocycles. The van der Waals surface area contributed by atoms with E-state index in [0.29, 0.717) is 12.8 Å². The number of nitrogens with two attached hydrogens (primary N) is 1. The van der Waals surface area contributed by atoms with E-state index in [-0.39, 0.29) is 25.7 Å². The van der Waals surface area contributed by atoms with E-state index in [4.69, 9.17) is 15.2 Å². The molecule has 1 aliphatic rings. The highest BCUT2D eigenvalue weighted by Crippen LogP contribution is 2.34. The fourth-order valence-electron chi connectivity index (χ4n) is 3.89. The number of rotatable bonds is 8. The molecule has 0 saturated carbocycles. The van der Waals surface area contributed by atoms with Gasteiger partial charge in [0.1, 0.15) is 0 Å². The van der Waals surface area contributed by atoms with Crippen LogP contribution in [0.1, 0.15) is 44.0 Å². The number of hydrogen-bond donors (Lipinski definition) is 3. The molecule has 29 heavy (non-hydrogen) atoms. The summed E-state index contributed by atoms with van der Waals surface area (Å²) in [7, 11) is 0. The summed E-state index contributed by atoms with van der Waals surface area (Å²) in [5, 5.41) is 4.31. The molecule has 0 radical (unpaired) electrons. The Labute approximate surface area is 169 Å². The van der Waals surface area contributed by atoms with Gasteiger partial charge in [-0.25, -0.2) is 0 Å². The number of primary amides is 1. The van der Waals surface area contributed by atoms with Gasteiger partial charge in [0.25, 0.3) is 0 Å². The Kier molecular flexibility index (Phi) is 6.53. The zero-order chi connectivity index (χ0) is 21.0. The molecule has 0 spiro atoms. The molecule has 1 aliphatic heterocycles. The lowest BCUT2D eigenvalue weighted by molar-refractivity contribution is -0.162. The number of para-hydroxylation sites is 1. The fourth-order valence-corrected chi connectivity index (χ4v) is 3.89. The van der Waals surface area contributed by atoms with E-state index in [2.05, 4.69) is 10.3 Å². The van der Waals surface area contributed by atoms with Gasteiger partial charge in [-0.05, 0) is 44.7 Å². The van der Waals surface area contributed by atoms with Crippen molar-refractivity contribution in [2.24, 2.45) is 11.7 Å². The molecule has 3 rings (SSSR count). The summed E-state index contributed by atoms with van der Waals surface area (Å²) in [5.74, 6) is -2.62. The van der Waals surface area contributed by atoms with Crippen molar-refractivity contribution >= 4 is 28.7 Å². The second-order valence-corrected chi connectivity index (χ2v) is 7.08. The molecule has 4 N–H and O–H groups in total. The third-order valence-corrected chi connectivity index (χ3v) is 5.24. The van der Waals surface area contributed by atoms with Gasteiger partial charge in [0.05, 0.1) is 19.3 Å². The minimum Gasteiger partial charge on any atom is -0.465 e. The summed E-state index contributed by atoms with van der Waals surface area (Å²) in [6.07, 6.45) is 1.16. The van der Waals surface area contributed by atoms with Gasteiger partial charge < -0.3 is 20.2 Å². The molecular weight excluding hydrogens is 374 g/mol. The molecule has 0 unspecified atom stereocenters. The zero-order valence-electron chi connectivity index (χ0n) is 16.7. The Morgan fingerprint density at radius 1 is 1.14 bits per heavy atom. The van der Waals surface area contributed by atoms with Gasteiger partial charge in [0.2, 0.25) is 5.91 Å². The third-order valence-electron chi connectivity index (χ3n) is 5.24. The van der Waals surface area contributed by atoms with Crippen LogP contribution in [0, 0.1) is 5.92 Å². The first-order valence-electron chi connectivity index (χ1n) is 9.94. The highest BCUT2D eigenvalue weighted by Gasteiger charge is 2.35. The molecule has 0 fully saturated rings. The Morgan fingerprint density at radius 3 is 2.41 bits per heavy atom. The van der Waals surface area contributed by atoms with Crippen molar-refractivity contribution in [2.45, 2.75) is 45.2 Å². The number of aromatic amines is 1. The molecule has 1 aromatic heterocycles. The van der Waals surface area contributed by atoms with E-state index in [9.17, 15) is 14.4 Å². The molecule has 2 heterocycles. The topological polar surface area (TPSA) is 124 Å². The number of hydrogen-bond acceptors (Lipinski definition) is 6. The molecule has 0 bridgehead atoms. The summed E-state index contributed by atoms with van der Waals surface area (Å²) in [5.41, 5.74) is 8.54. The highest BCUT2D eigenvalue weighted by atomic mass is 16.6. The Hall–Kier alpha value is -2.87. The van der Waals surface area contributed by atoms with Crippen molar-refractivity contribution in [3.8, 4) is 0 Å². The van der Waals surface area contributed by atoms with Crippen LogP contribution in [0.25, 0.3) is 10.9 Å². The van der Waals surface area contributed by atoms with E-state index in [0.717, 1.165) is 22.2 Å². The second kappa shape index (κ2) is 9.09. The molecule has 156 valence electrons. The molecule has 8 heteroatoms. The standard InChI is InChI=1S/C21H27N3O5/c1-3-28-20(26)13(21(27)29-4-2)9-10-16-18-14(11-17(23-16)19(22)25)12-7-5-6-8-15(12)24-18/h5-8,13,16-17,23-24H,3-4,9-11H2,1-2H3,(H2,22,25)/t16-,17-/m0/s1. The Morgan fingerprint density at radius 2 is 1.79 bits per heavy atom. The largest absolute Gasteiger partial charge is 0.465 e. The van der Waals surface area contributed by atoms with Crippen LogP contribution in [0.15, 0.2) is 24.3 Å². The van der Waals surface area contributed by atoms with Gasteiger partial charge in [-0.15, -0.1) is 0 Å². The molecule has 0 saturated heterocycles. The van der Waals surface area contributed by atoms with E-state index >= 15 is 0 Å². The van der Waals surface area contributed by atoms with Gasteiger partial charge in [-0.2, -0.15) is 0 Å². The number of esters is 2. The molecule has 8 nitrogen and oxygen atoms in total. The lowest BCUT2D eigenvalue weighted by Crippen LogP contribution is -2.48. The summed E-state index contributed by atoms with van der Waals surface area (Å²) in [6.45, 7) is 3.76. The number of ether oxygens (including phenoxy) is 2. The average molecular weight is 401 g/mol. The lowest BCUT2D eigenvalue weighted by Gasteiger charge is -2.30. The summed E-state index contributed by atoms with van der Waals surface area (Å²) in [4.78, 5) is 39.8. The maximum absolute atomic E-state index is 12.3. The number of benzene rings is 1. The van der Waals surface area contributed by atoms with E-state index in [1.54, 1.807) is 13.8 Å². The second-order valence-electron chi connectivity index (χ2n) is 7.08. The van der Waals surface area contributed by atoms with Crippen molar-refractivity contribution in [1.82, 2.24) is 10.3 Å². The van der Waals surface area contributed by atoms with Crippen molar-refractivity contribution in [2.75, 3.05) is 13.2 Å². The lowest BCUT2D eigenvalue weighted by atomic mass is 9.89. The van der Waals surface area contributed by atoms with Gasteiger partial charge >= 0.3 is 11.9 Å². The van der Waals surface area contributed by atoms with Crippen LogP contribution in [0.4, 0.5) is 0 Å². The van der Waals surface area contributed by atoms with Crippen LogP contribution in [0.2, 0.25) is 0 Å². The predicted molar refractivity (Wildman–Crippen MR) is 107 cm³/mol. The number of nitrogens with one attached hydrogen (secondary N) is 2. The average Bonchev–Trinajstić information content (AvgIpc) is 3.07.